The molecule has 4 aliphatic rings. The minimum atomic E-state index is -0.929. The van der Waals surface area contributed by atoms with Crippen molar-refractivity contribution in [3.63, 3.8) is 0 Å². The normalized spacial score (nSPS) is 21.9. The van der Waals surface area contributed by atoms with Crippen LogP contribution in [0.15, 0.2) is 85.5 Å². The summed E-state index contributed by atoms with van der Waals surface area (Å²) in [6, 6.07) is 23.4. The fraction of sp³-hybridized carbons (Fsp3) is 0.378. The maximum absolute atomic E-state index is 13.0. The van der Waals surface area contributed by atoms with E-state index < -0.39 is 23.7 Å². The van der Waals surface area contributed by atoms with Crippen LogP contribution < -0.4 is 5.32 Å². The van der Waals surface area contributed by atoms with Gasteiger partial charge in [-0.1, -0.05) is 85.5 Å². The van der Waals surface area contributed by atoms with E-state index in [4.69, 9.17) is 14.2 Å². The van der Waals surface area contributed by atoms with Gasteiger partial charge >= 0.3 is 18.0 Å². The Morgan fingerprint density at radius 3 is 2.07 bits per heavy atom. The molecule has 3 aromatic rings. The molecule has 0 aliphatic heterocycles. The van der Waals surface area contributed by atoms with Crippen LogP contribution in [0.2, 0.25) is 0 Å². The molecule has 228 valence electrons. The second kappa shape index (κ2) is 11.3. The summed E-state index contributed by atoms with van der Waals surface area (Å²) in [7, 11) is 0. The van der Waals surface area contributed by atoms with Gasteiger partial charge in [0.05, 0.1) is 5.41 Å². The Hall–Kier alpha value is -4.39. The van der Waals surface area contributed by atoms with Gasteiger partial charge in [0.1, 0.15) is 24.9 Å². The highest BCUT2D eigenvalue weighted by molar-refractivity contribution is 5.84. The lowest BCUT2D eigenvalue weighted by Gasteiger charge is -2.69. The standard InChI is InChI=1S/C37H39NO6/c1-5-18-42-32(39)31(38-34(41)43-20-30-28-12-8-6-10-26(28)27-11-7-9-13-29(27)30)19-24-14-16-25(17-15-24)36-21-37(22-36,23-36)33(40)44-35(2,3)4/h5-17,30-31H,1,18-23H2,2-4H3,(H,38,41)/t31-,36?,37?/m0/s1. The number of carbonyl (C=O) groups excluding carboxylic acids is 3. The molecule has 2 bridgehead atoms. The number of carbonyl (C=O) groups is 3. The van der Waals surface area contributed by atoms with Gasteiger partial charge in [-0.3, -0.25) is 4.79 Å². The summed E-state index contributed by atoms with van der Waals surface area (Å²) in [5, 5.41) is 2.74. The second-order valence-corrected chi connectivity index (χ2v) is 13.4. The number of rotatable bonds is 10. The number of hydrogen-bond donors (Lipinski definition) is 1. The number of amides is 1. The molecular weight excluding hydrogens is 554 g/mol. The van der Waals surface area contributed by atoms with E-state index in [1.54, 1.807) is 0 Å². The van der Waals surface area contributed by atoms with Gasteiger partial charge in [0.25, 0.3) is 0 Å². The largest absolute Gasteiger partial charge is 0.460 e. The fourth-order valence-electron chi connectivity index (χ4n) is 7.14. The minimum Gasteiger partial charge on any atom is -0.460 e. The summed E-state index contributed by atoms with van der Waals surface area (Å²) in [5.41, 5.74) is 5.75. The zero-order valence-electron chi connectivity index (χ0n) is 25.6. The van der Waals surface area contributed by atoms with Crippen LogP contribution in [0.4, 0.5) is 4.79 Å². The molecule has 0 radical (unpaired) electrons. The molecule has 44 heavy (non-hydrogen) atoms. The zero-order valence-corrected chi connectivity index (χ0v) is 25.6. The first kappa shape index (κ1) is 29.7. The molecule has 7 nitrogen and oxygen atoms in total. The van der Waals surface area contributed by atoms with Crippen molar-refractivity contribution in [2.24, 2.45) is 5.41 Å². The van der Waals surface area contributed by atoms with Crippen LogP contribution in [0.1, 0.15) is 68.2 Å². The van der Waals surface area contributed by atoms with Crippen LogP contribution in [0.3, 0.4) is 0 Å². The van der Waals surface area contributed by atoms with Crippen molar-refractivity contribution < 1.29 is 28.6 Å². The van der Waals surface area contributed by atoms with Crippen molar-refractivity contribution in [2.45, 2.75) is 69.4 Å². The molecule has 1 N–H and O–H groups in total. The molecule has 3 aromatic carbocycles. The van der Waals surface area contributed by atoms with Crippen LogP contribution in [-0.2, 0) is 35.6 Å². The summed E-state index contributed by atoms with van der Waals surface area (Å²) < 4.78 is 16.7. The molecule has 0 saturated heterocycles. The lowest BCUT2D eigenvalue weighted by molar-refractivity contribution is -0.211. The molecule has 3 saturated carbocycles. The van der Waals surface area contributed by atoms with E-state index in [0.717, 1.165) is 47.1 Å². The molecule has 0 unspecified atom stereocenters. The van der Waals surface area contributed by atoms with Gasteiger partial charge in [0.2, 0.25) is 0 Å². The second-order valence-electron chi connectivity index (χ2n) is 13.4. The van der Waals surface area contributed by atoms with Crippen molar-refractivity contribution in [3.05, 3.63) is 108 Å². The molecule has 0 heterocycles. The Kier molecular flexibility index (Phi) is 7.60. The highest BCUT2D eigenvalue weighted by atomic mass is 16.6. The van der Waals surface area contributed by atoms with Gasteiger partial charge < -0.3 is 19.5 Å². The van der Waals surface area contributed by atoms with Crippen molar-refractivity contribution in [3.8, 4) is 11.1 Å². The third-order valence-electron chi connectivity index (χ3n) is 9.13. The van der Waals surface area contributed by atoms with Gasteiger partial charge in [0, 0.05) is 12.3 Å². The molecule has 0 aromatic heterocycles. The topological polar surface area (TPSA) is 90.9 Å². The Balaban J connectivity index is 1.08. The maximum atomic E-state index is 13.0. The lowest BCUT2D eigenvalue weighted by atomic mass is 9.33. The van der Waals surface area contributed by atoms with Crippen molar-refractivity contribution in [1.29, 1.82) is 0 Å². The molecule has 7 rings (SSSR count). The van der Waals surface area contributed by atoms with E-state index in [0.29, 0.717) is 0 Å². The number of nitrogens with one attached hydrogen (secondary N) is 1. The summed E-state index contributed by atoms with van der Waals surface area (Å²) in [4.78, 5) is 38.6. The smallest absolute Gasteiger partial charge is 0.407 e. The SMILES string of the molecule is C=CCOC(=O)[C@H](Cc1ccc(C23CC(C(=O)OC(C)(C)C)(C2)C3)cc1)NC(=O)OCC1c2ccccc2-c2ccccc21. The number of alkyl carbamates (subject to hydrolysis) is 1. The van der Waals surface area contributed by atoms with Crippen LogP contribution in [-0.4, -0.2) is 42.9 Å². The molecule has 1 atom stereocenters. The van der Waals surface area contributed by atoms with Crippen LogP contribution in [0.5, 0.6) is 0 Å². The van der Waals surface area contributed by atoms with Crippen molar-refractivity contribution in [1.82, 2.24) is 5.32 Å². The highest BCUT2D eigenvalue weighted by Gasteiger charge is 2.73. The fourth-order valence-corrected chi connectivity index (χ4v) is 7.14. The third-order valence-corrected chi connectivity index (χ3v) is 9.13. The monoisotopic (exact) mass is 593 g/mol. The van der Waals surface area contributed by atoms with Crippen LogP contribution >= 0.6 is 0 Å². The molecule has 3 fully saturated rings. The average Bonchev–Trinajstić information content (AvgIpc) is 3.26. The zero-order chi connectivity index (χ0) is 31.1. The van der Waals surface area contributed by atoms with Gasteiger partial charge in [0.15, 0.2) is 0 Å². The van der Waals surface area contributed by atoms with Gasteiger partial charge in [-0.2, -0.15) is 0 Å². The average molecular weight is 594 g/mol. The predicted octanol–water partition coefficient (Wildman–Crippen LogP) is 6.63. The lowest BCUT2D eigenvalue weighted by Crippen LogP contribution is -2.68. The van der Waals surface area contributed by atoms with Crippen molar-refractivity contribution in [2.75, 3.05) is 13.2 Å². The van der Waals surface area contributed by atoms with E-state index in [2.05, 4.69) is 48.3 Å². The van der Waals surface area contributed by atoms with Crippen molar-refractivity contribution >= 4 is 18.0 Å². The third kappa shape index (κ3) is 5.51. The Bertz CT molecular complexity index is 1540. The molecule has 0 spiro atoms. The van der Waals surface area contributed by atoms with E-state index >= 15 is 0 Å². The van der Waals surface area contributed by atoms with Gasteiger partial charge in [-0.15, -0.1) is 0 Å². The number of ether oxygens (including phenoxy) is 3. The molecule has 1 amide bonds. The first-order valence-electron chi connectivity index (χ1n) is 15.2. The highest BCUT2D eigenvalue weighted by Crippen LogP contribution is 2.74. The summed E-state index contributed by atoms with van der Waals surface area (Å²) in [6.07, 6.45) is 3.46. The summed E-state index contributed by atoms with van der Waals surface area (Å²) in [6.45, 7) is 9.49. The van der Waals surface area contributed by atoms with Crippen LogP contribution in [0, 0.1) is 5.41 Å². The Labute approximate surface area is 258 Å². The first-order chi connectivity index (χ1) is 21.0. The first-order valence-corrected chi connectivity index (χ1v) is 15.2. The van der Waals surface area contributed by atoms with E-state index in [9.17, 15) is 14.4 Å². The number of benzene rings is 3. The van der Waals surface area contributed by atoms with E-state index in [-0.39, 0.29) is 42.4 Å². The minimum absolute atomic E-state index is 0.0112. The van der Waals surface area contributed by atoms with E-state index in [1.807, 2.05) is 57.2 Å². The summed E-state index contributed by atoms with van der Waals surface area (Å²) in [5.74, 6) is -0.733. The Morgan fingerprint density at radius 1 is 0.909 bits per heavy atom. The molecular formula is C37H39NO6. The number of hydrogen-bond acceptors (Lipinski definition) is 6. The van der Waals surface area contributed by atoms with Gasteiger partial charge in [-0.25, -0.2) is 9.59 Å². The summed E-state index contributed by atoms with van der Waals surface area (Å²) >= 11 is 0. The maximum Gasteiger partial charge on any atom is 0.407 e. The molecule has 4 aliphatic carbocycles. The predicted molar refractivity (Wildman–Crippen MR) is 167 cm³/mol. The van der Waals surface area contributed by atoms with Gasteiger partial charge in [-0.05, 0) is 78.8 Å². The van der Waals surface area contributed by atoms with E-state index in [1.165, 1.54) is 11.6 Å². The molecule has 7 heteroatoms. The van der Waals surface area contributed by atoms with Crippen LogP contribution in [0.25, 0.3) is 11.1 Å². The number of fused-ring (bicyclic) bond motifs is 3. The Morgan fingerprint density at radius 2 is 1.50 bits per heavy atom. The quantitative estimate of drug-likeness (QED) is 0.161. The number of esters is 2.